The van der Waals surface area contributed by atoms with Crippen molar-refractivity contribution in [2.24, 2.45) is 5.73 Å². The van der Waals surface area contributed by atoms with E-state index in [4.69, 9.17) is 10.5 Å². The highest BCUT2D eigenvalue weighted by atomic mass is 16.5. The van der Waals surface area contributed by atoms with Gasteiger partial charge in [0.05, 0.1) is 5.69 Å². The molecular weight excluding hydrogens is 362 g/mol. The van der Waals surface area contributed by atoms with Crippen molar-refractivity contribution in [3.63, 3.8) is 0 Å². The van der Waals surface area contributed by atoms with Gasteiger partial charge in [-0.05, 0) is 48.4 Å². The van der Waals surface area contributed by atoms with E-state index in [1.54, 1.807) is 42.5 Å². The fraction of sp³-hybridized carbons (Fsp3) is 0.100. The number of carbonyl (C=O) groups excluding carboxylic acids is 4. The number of amides is 5. The zero-order chi connectivity index (χ0) is 20.3. The van der Waals surface area contributed by atoms with Crippen molar-refractivity contribution in [2.45, 2.75) is 6.92 Å². The Morgan fingerprint density at radius 2 is 1.86 bits per heavy atom. The number of urea groups is 1. The van der Waals surface area contributed by atoms with Crippen LogP contribution in [-0.2, 0) is 14.4 Å². The summed E-state index contributed by atoms with van der Waals surface area (Å²) in [5.74, 6) is -1.67. The SMILES string of the molecule is Cc1cccc(N2C(=O)NC(=O)/C(=C\c3ccc(OCC(N)=O)cc3)C2=O)c1. The molecule has 3 rings (SSSR count). The maximum Gasteiger partial charge on any atom is 0.335 e. The highest BCUT2D eigenvalue weighted by molar-refractivity contribution is 6.39. The average molecular weight is 379 g/mol. The summed E-state index contributed by atoms with van der Waals surface area (Å²) in [5.41, 5.74) is 6.63. The Morgan fingerprint density at radius 3 is 2.50 bits per heavy atom. The minimum atomic E-state index is -0.798. The van der Waals surface area contributed by atoms with Crippen molar-refractivity contribution in [3.8, 4) is 5.75 Å². The van der Waals surface area contributed by atoms with E-state index in [1.807, 2.05) is 13.0 Å². The topological polar surface area (TPSA) is 119 Å². The summed E-state index contributed by atoms with van der Waals surface area (Å²) in [6, 6.07) is 12.4. The van der Waals surface area contributed by atoms with Crippen molar-refractivity contribution in [1.82, 2.24) is 5.32 Å². The van der Waals surface area contributed by atoms with Crippen molar-refractivity contribution in [2.75, 3.05) is 11.5 Å². The minimum Gasteiger partial charge on any atom is -0.484 e. The van der Waals surface area contributed by atoms with Crippen LogP contribution in [0.4, 0.5) is 10.5 Å². The minimum absolute atomic E-state index is 0.174. The van der Waals surface area contributed by atoms with E-state index in [2.05, 4.69) is 5.32 Å². The maximum atomic E-state index is 12.8. The zero-order valence-electron chi connectivity index (χ0n) is 15.0. The zero-order valence-corrected chi connectivity index (χ0v) is 15.0. The summed E-state index contributed by atoms with van der Waals surface area (Å²) >= 11 is 0. The van der Waals surface area contributed by atoms with Crippen LogP contribution in [0.25, 0.3) is 6.08 Å². The first-order valence-electron chi connectivity index (χ1n) is 8.34. The van der Waals surface area contributed by atoms with Crippen LogP contribution >= 0.6 is 0 Å². The van der Waals surface area contributed by atoms with Gasteiger partial charge in [-0.3, -0.25) is 19.7 Å². The number of carbonyl (C=O) groups is 4. The first kappa shape index (κ1) is 18.8. The smallest absolute Gasteiger partial charge is 0.335 e. The number of aryl methyl sites for hydroxylation is 1. The Balaban J connectivity index is 1.87. The van der Waals surface area contributed by atoms with Gasteiger partial charge in [-0.1, -0.05) is 24.3 Å². The monoisotopic (exact) mass is 379 g/mol. The van der Waals surface area contributed by atoms with E-state index in [-0.39, 0.29) is 12.2 Å². The summed E-state index contributed by atoms with van der Waals surface area (Å²) in [4.78, 5) is 48.8. The first-order valence-corrected chi connectivity index (χ1v) is 8.34. The van der Waals surface area contributed by atoms with Gasteiger partial charge in [-0.2, -0.15) is 0 Å². The van der Waals surface area contributed by atoms with Gasteiger partial charge in [0.2, 0.25) is 0 Å². The Bertz CT molecular complexity index is 995. The van der Waals surface area contributed by atoms with Crippen LogP contribution in [0.5, 0.6) is 5.75 Å². The quantitative estimate of drug-likeness (QED) is 0.603. The molecule has 0 atom stereocenters. The molecule has 1 heterocycles. The van der Waals surface area contributed by atoms with Crippen LogP contribution in [0.3, 0.4) is 0 Å². The molecule has 0 bridgehead atoms. The van der Waals surface area contributed by atoms with E-state index >= 15 is 0 Å². The lowest BCUT2D eigenvalue weighted by molar-refractivity contribution is -0.123. The van der Waals surface area contributed by atoms with Crippen LogP contribution in [-0.4, -0.2) is 30.4 Å². The van der Waals surface area contributed by atoms with Crippen molar-refractivity contribution in [1.29, 1.82) is 0 Å². The van der Waals surface area contributed by atoms with Crippen LogP contribution in [0, 0.1) is 6.92 Å². The lowest BCUT2D eigenvalue weighted by Gasteiger charge is -2.26. The van der Waals surface area contributed by atoms with E-state index in [9.17, 15) is 19.2 Å². The Morgan fingerprint density at radius 1 is 1.14 bits per heavy atom. The Kier molecular flexibility index (Phi) is 5.21. The molecule has 0 unspecified atom stereocenters. The molecule has 3 N–H and O–H groups in total. The summed E-state index contributed by atoms with van der Waals surface area (Å²) in [5, 5.41) is 2.18. The summed E-state index contributed by atoms with van der Waals surface area (Å²) < 4.78 is 5.16. The molecule has 1 aliphatic rings. The first-order chi connectivity index (χ1) is 13.3. The molecule has 0 radical (unpaired) electrons. The Labute approximate surface area is 160 Å². The Hall–Kier alpha value is -3.94. The molecule has 28 heavy (non-hydrogen) atoms. The fourth-order valence-corrected chi connectivity index (χ4v) is 2.64. The number of ether oxygens (including phenoxy) is 1. The number of primary amides is 1. The highest BCUT2D eigenvalue weighted by Gasteiger charge is 2.36. The van der Waals surface area contributed by atoms with Gasteiger partial charge in [0.25, 0.3) is 17.7 Å². The van der Waals surface area contributed by atoms with Crippen LogP contribution in [0.2, 0.25) is 0 Å². The molecule has 8 nitrogen and oxygen atoms in total. The van der Waals surface area contributed by atoms with Crippen molar-refractivity contribution in [3.05, 3.63) is 65.2 Å². The summed E-state index contributed by atoms with van der Waals surface area (Å²) in [7, 11) is 0. The fourth-order valence-electron chi connectivity index (χ4n) is 2.64. The standard InChI is InChI=1S/C20H17N3O5/c1-12-3-2-4-14(9-12)23-19(26)16(18(25)22-20(23)27)10-13-5-7-15(8-6-13)28-11-17(21)24/h2-10H,11H2,1H3,(H2,21,24)(H,22,25,27)/b16-10+. The lowest BCUT2D eigenvalue weighted by atomic mass is 10.1. The molecule has 0 spiro atoms. The van der Waals surface area contributed by atoms with Crippen LogP contribution < -0.4 is 20.7 Å². The molecule has 1 fully saturated rings. The second-order valence-electron chi connectivity index (χ2n) is 6.12. The predicted octanol–water partition coefficient (Wildman–Crippen LogP) is 1.53. The van der Waals surface area contributed by atoms with E-state index in [0.717, 1.165) is 10.5 Å². The van der Waals surface area contributed by atoms with E-state index in [0.29, 0.717) is 17.0 Å². The molecule has 142 valence electrons. The molecule has 2 aromatic carbocycles. The second kappa shape index (κ2) is 7.75. The highest BCUT2D eigenvalue weighted by Crippen LogP contribution is 2.23. The number of barbiturate groups is 1. The molecule has 0 aliphatic carbocycles. The van der Waals surface area contributed by atoms with Gasteiger partial charge in [-0.15, -0.1) is 0 Å². The predicted molar refractivity (Wildman–Crippen MR) is 101 cm³/mol. The number of nitrogens with zero attached hydrogens (tertiary/aromatic N) is 1. The van der Waals surface area contributed by atoms with Crippen molar-refractivity contribution < 1.29 is 23.9 Å². The maximum absolute atomic E-state index is 12.8. The number of nitrogens with one attached hydrogen (secondary N) is 1. The van der Waals surface area contributed by atoms with Crippen LogP contribution in [0.1, 0.15) is 11.1 Å². The van der Waals surface area contributed by atoms with Gasteiger partial charge >= 0.3 is 6.03 Å². The third-order valence-corrected chi connectivity index (χ3v) is 3.93. The third-order valence-electron chi connectivity index (χ3n) is 3.93. The number of imide groups is 2. The van der Waals surface area contributed by atoms with Gasteiger partial charge < -0.3 is 10.5 Å². The largest absolute Gasteiger partial charge is 0.484 e. The molecule has 5 amide bonds. The molecular formula is C20H17N3O5. The van der Waals surface area contributed by atoms with Gasteiger partial charge in [0, 0.05) is 0 Å². The number of hydrogen-bond acceptors (Lipinski definition) is 5. The number of nitrogens with two attached hydrogens (primary N) is 1. The van der Waals surface area contributed by atoms with Gasteiger partial charge in [-0.25, -0.2) is 9.69 Å². The van der Waals surface area contributed by atoms with Gasteiger partial charge in [0.15, 0.2) is 6.61 Å². The molecule has 1 saturated heterocycles. The molecule has 0 aromatic heterocycles. The summed E-state index contributed by atoms with van der Waals surface area (Å²) in [6.45, 7) is 1.58. The van der Waals surface area contributed by atoms with Crippen molar-refractivity contribution >= 4 is 35.5 Å². The molecule has 8 heteroatoms. The molecule has 2 aromatic rings. The third kappa shape index (κ3) is 4.07. The molecule has 0 saturated carbocycles. The lowest BCUT2D eigenvalue weighted by Crippen LogP contribution is -2.54. The van der Waals surface area contributed by atoms with E-state index in [1.165, 1.54) is 6.08 Å². The second-order valence-corrected chi connectivity index (χ2v) is 6.12. The van der Waals surface area contributed by atoms with Gasteiger partial charge in [0.1, 0.15) is 11.3 Å². The summed E-state index contributed by atoms with van der Waals surface area (Å²) in [6.07, 6.45) is 1.38. The normalized spacial score (nSPS) is 15.5. The number of rotatable bonds is 5. The van der Waals surface area contributed by atoms with Crippen LogP contribution in [0.15, 0.2) is 54.1 Å². The average Bonchev–Trinajstić information content (AvgIpc) is 2.64. The van der Waals surface area contributed by atoms with E-state index < -0.39 is 23.8 Å². The number of hydrogen-bond donors (Lipinski definition) is 2. The number of benzene rings is 2. The molecule has 1 aliphatic heterocycles. The number of anilines is 1.